The summed E-state index contributed by atoms with van der Waals surface area (Å²) in [6, 6.07) is 7.25. The van der Waals surface area contributed by atoms with E-state index in [2.05, 4.69) is 33.4 Å². The van der Waals surface area contributed by atoms with Crippen LogP contribution in [0.25, 0.3) is 10.9 Å². The first-order chi connectivity index (χ1) is 11.2. The molecule has 0 unspecified atom stereocenters. The van der Waals surface area contributed by atoms with E-state index < -0.39 is 0 Å². The second kappa shape index (κ2) is 6.32. The molecule has 7 nitrogen and oxygen atoms in total. The first kappa shape index (κ1) is 14.8. The predicted molar refractivity (Wildman–Crippen MR) is 89.1 cm³/mol. The van der Waals surface area contributed by atoms with Gasteiger partial charge in [0.15, 0.2) is 0 Å². The molecular weight excluding hydrogens is 290 g/mol. The summed E-state index contributed by atoms with van der Waals surface area (Å²) in [5, 5.41) is 17.0. The molecule has 116 valence electrons. The first-order valence-electron chi connectivity index (χ1n) is 7.46. The zero-order chi connectivity index (χ0) is 16.2. The van der Waals surface area contributed by atoms with E-state index >= 15 is 0 Å². The van der Waals surface area contributed by atoms with Crippen LogP contribution in [0, 0.1) is 11.3 Å². The van der Waals surface area contributed by atoms with Crippen molar-refractivity contribution in [3.63, 3.8) is 0 Å². The first-order valence-corrected chi connectivity index (χ1v) is 7.46. The molecule has 0 saturated heterocycles. The van der Waals surface area contributed by atoms with Crippen LogP contribution in [-0.4, -0.2) is 19.7 Å². The van der Waals surface area contributed by atoms with E-state index in [1.165, 1.54) is 0 Å². The number of fused-ring (bicyclic) bond motifs is 1. The summed E-state index contributed by atoms with van der Waals surface area (Å²) in [5.41, 5.74) is 8.02. The van der Waals surface area contributed by atoms with Gasteiger partial charge in [0.1, 0.15) is 5.82 Å². The highest BCUT2D eigenvalue weighted by molar-refractivity contribution is 5.90. The molecule has 1 aromatic carbocycles. The minimum Gasteiger partial charge on any atom is -0.383 e. The fourth-order valence-electron chi connectivity index (χ4n) is 2.28. The van der Waals surface area contributed by atoms with Crippen LogP contribution >= 0.6 is 0 Å². The van der Waals surface area contributed by atoms with Crippen molar-refractivity contribution in [2.75, 3.05) is 11.1 Å². The molecule has 0 fully saturated rings. The van der Waals surface area contributed by atoms with E-state index in [0.717, 1.165) is 25.1 Å². The van der Waals surface area contributed by atoms with Crippen LogP contribution < -0.4 is 11.1 Å². The zero-order valence-electron chi connectivity index (χ0n) is 12.8. The molecule has 0 saturated carbocycles. The summed E-state index contributed by atoms with van der Waals surface area (Å²) >= 11 is 0. The van der Waals surface area contributed by atoms with Crippen molar-refractivity contribution >= 4 is 28.4 Å². The summed E-state index contributed by atoms with van der Waals surface area (Å²) in [5.74, 6) is 0.753. The van der Waals surface area contributed by atoms with Gasteiger partial charge in [0.05, 0.1) is 29.0 Å². The maximum Gasteiger partial charge on any atom is 0.229 e. The topological polar surface area (TPSA) is 105 Å². The van der Waals surface area contributed by atoms with Crippen molar-refractivity contribution in [1.82, 2.24) is 19.7 Å². The largest absolute Gasteiger partial charge is 0.383 e. The van der Waals surface area contributed by atoms with Crippen molar-refractivity contribution in [2.24, 2.45) is 0 Å². The van der Waals surface area contributed by atoms with Gasteiger partial charge < -0.3 is 11.1 Å². The van der Waals surface area contributed by atoms with Crippen molar-refractivity contribution in [3.05, 3.63) is 36.2 Å². The lowest BCUT2D eigenvalue weighted by atomic mass is 10.1. The third kappa shape index (κ3) is 3.21. The fraction of sp³-hybridized carbons (Fsp3) is 0.250. The van der Waals surface area contributed by atoms with E-state index in [-0.39, 0.29) is 0 Å². The Kier molecular flexibility index (Phi) is 4.06. The quantitative estimate of drug-likeness (QED) is 0.750. The Bertz CT molecular complexity index is 876. The number of hydrogen-bond acceptors (Lipinski definition) is 6. The van der Waals surface area contributed by atoms with Crippen LogP contribution in [0.2, 0.25) is 0 Å². The van der Waals surface area contributed by atoms with Gasteiger partial charge >= 0.3 is 0 Å². The number of nitrogens with zero attached hydrogens (tertiary/aromatic N) is 5. The number of rotatable bonds is 5. The SMILES string of the molecule is CCCCn1cc(Nc2nc(N)c3cc(C#N)ccc3n2)cn1. The third-order valence-corrected chi connectivity index (χ3v) is 3.48. The number of aryl methyl sites for hydroxylation is 1. The van der Waals surface area contributed by atoms with Crippen LogP contribution in [0.15, 0.2) is 30.6 Å². The normalized spacial score (nSPS) is 10.6. The average Bonchev–Trinajstić information content (AvgIpc) is 3.00. The number of anilines is 3. The monoisotopic (exact) mass is 307 g/mol. The van der Waals surface area contributed by atoms with Gasteiger partial charge in [0, 0.05) is 18.1 Å². The highest BCUT2D eigenvalue weighted by Gasteiger charge is 2.07. The Morgan fingerprint density at radius 1 is 1.35 bits per heavy atom. The molecule has 3 N–H and O–H groups in total. The van der Waals surface area contributed by atoms with Gasteiger partial charge in [-0.15, -0.1) is 0 Å². The van der Waals surface area contributed by atoms with Gasteiger partial charge in [-0.1, -0.05) is 13.3 Å². The lowest BCUT2D eigenvalue weighted by molar-refractivity contribution is 0.572. The average molecular weight is 307 g/mol. The maximum absolute atomic E-state index is 8.95. The number of aromatic nitrogens is 4. The Morgan fingerprint density at radius 3 is 3.00 bits per heavy atom. The molecular formula is C16H17N7. The molecule has 2 aromatic heterocycles. The summed E-state index contributed by atoms with van der Waals surface area (Å²) in [4.78, 5) is 8.68. The van der Waals surface area contributed by atoms with Crippen LogP contribution in [0.4, 0.5) is 17.5 Å². The standard InChI is InChI=1S/C16H17N7/c1-2-3-6-23-10-12(9-19-23)20-16-21-14-5-4-11(8-17)7-13(14)15(18)22-16/h4-5,7,9-10H,2-3,6H2,1H3,(H3,18,20,21,22). The molecule has 23 heavy (non-hydrogen) atoms. The van der Waals surface area contributed by atoms with E-state index in [0.29, 0.717) is 28.2 Å². The van der Waals surface area contributed by atoms with Crippen LogP contribution in [0.3, 0.4) is 0 Å². The van der Waals surface area contributed by atoms with Gasteiger partial charge in [0.25, 0.3) is 0 Å². The molecule has 3 rings (SSSR count). The summed E-state index contributed by atoms with van der Waals surface area (Å²) < 4.78 is 1.88. The molecule has 0 amide bonds. The van der Waals surface area contributed by atoms with Crippen LogP contribution in [0.5, 0.6) is 0 Å². The second-order valence-electron chi connectivity index (χ2n) is 5.25. The zero-order valence-corrected chi connectivity index (χ0v) is 12.8. The molecule has 0 aliphatic rings. The van der Waals surface area contributed by atoms with Gasteiger partial charge in [-0.05, 0) is 24.6 Å². The maximum atomic E-state index is 8.95. The van der Waals surface area contributed by atoms with Crippen molar-refractivity contribution in [3.8, 4) is 6.07 Å². The van der Waals surface area contributed by atoms with Crippen LogP contribution in [0.1, 0.15) is 25.3 Å². The Balaban J connectivity index is 1.86. The smallest absolute Gasteiger partial charge is 0.229 e. The van der Waals surface area contributed by atoms with Crippen molar-refractivity contribution in [2.45, 2.75) is 26.3 Å². The molecule has 0 atom stereocenters. The lowest BCUT2D eigenvalue weighted by Gasteiger charge is -2.06. The molecule has 2 heterocycles. The number of nitriles is 1. The predicted octanol–water partition coefficient (Wildman–Crippen LogP) is 2.82. The van der Waals surface area contributed by atoms with E-state index in [4.69, 9.17) is 11.0 Å². The Hall–Kier alpha value is -3.14. The summed E-state index contributed by atoms with van der Waals surface area (Å²) in [6.07, 6.45) is 5.86. The Labute approximate surface area is 133 Å². The number of nitrogens with two attached hydrogens (primary N) is 1. The molecule has 0 aliphatic heterocycles. The highest BCUT2D eigenvalue weighted by Crippen LogP contribution is 2.22. The van der Waals surface area contributed by atoms with Gasteiger partial charge in [-0.3, -0.25) is 4.68 Å². The van der Waals surface area contributed by atoms with Gasteiger partial charge in [-0.25, -0.2) is 4.98 Å². The number of unbranched alkanes of at least 4 members (excludes halogenated alkanes) is 1. The van der Waals surface area contributed by atoms with Gasteiger partial charge in [0.2, 0.25) is 5.95 Å². The van der Waals surface area contributed by atoms with E-state index in [1.807, 2.05) is 10.9 Å². The number of hydrogen-bond donors (Lipinski definition) is 2. The molecule has 0 radical (unpaired) electrons. The fourth-order valence-corrected chi connectivity index (χ4v) is 2.28. The van der Waals surface area contributed by atoms with Crippen molar-refractivity contribution in [1.29, 1.82) is 5.26 Å². The number of nitrogen functional groups attached to an aromatic ring is 1. The minimum atomic E-state index is 0.341. The molecule has 3 aromatic rings. The summed E-state index contributed by atoms with van der Waals surface area (Å²) in [6.45, 7) is 3.03. The van der Waals surface area contributed by atoms with E-state index in [9.17, 15) is 0 Å². The lowest BCUT2D eigenvalue weighted by Crippen LogP contribution is -2.01. The molecule has 0 spiro atoms. The summed E-state index contributed by atoms with van der Waals surface area (Å²) in [7, 11) is 0. The highest BCUT2D eigenvalue weighted by atomic mass is 15.3. The number of nitrogens with one attached hydrogen (secondary N) is 1. The Morgan fingerprint density at radius 2 is 2.22 bits per heavy atom. The third-order valence-electron chi connectivity index (χ3n) is 3.48. The number of benzene rings is 1. The van der Waals surface area contributed by atoms with Gasteiger partial charge in [-0.2, -0.15) is 15.3 Å². The van der Waals surface area contributed by atoms with E-state index in [1.54, 1.807) is 24.4 Å². The minimum absolute atomic E-state index is 0.341. The van der Waals surface area contributed by atoms with Crippen LogP contribution in [-0.2, 0) is 6.54 Å². The molecule has 7 heteroatoms. The molecule has 0 bridgehead atoms. The second-order valence-corrected chi connectivity index (χ2v) is 5.25. The van der Waals surface area contributed by atoms with Crippen molar-refractivity contribution < 1.29 is 0 Å². The molecule has 0 aliphatic carbocycles.